The van der Waals surface area contributed by atoms with Crippen molar-refractivity contribution in [3.05, 3.63) is 11.4 Å². The molecule has 16 heavy (non-hydrogen) atoms. The topological polar surface area (TPSA) is 152 Å². The summed E-state index contributed by atoms with van der Waals surface area (Å²) in [6.07, 6.45) is 0. The smallest absolute Gasteiger partial charge is 0.358 e. The highest BCUT2D eigenvalue weighted by molar-refractivity contribution is 5.95. The summed E-state index contributed by atoms with van der Waals surface area (Å²) in [5, 5.41) is 17.1. The number of nitrogens with zero attached hydrogens (tertiary/aromatic N) is 2. The third-order valence-electron chi connectivity index (χ3n) is 1.35. The Labute approximate surface area is 90.9 Å². The van der Waals surface area contributed by atoms with Gasteiger partial charge in [0.1, 0.15) is 0 Å². The van der Waals surface area contributed by atoms with Crippen molar-refractivity contribution in [2.45, 2.75) is 13.8 Å². The summed E-state index contributed by atoms with van der Waals surface area (Å²) in [5.41, 5.74) is 9.19. The molecule has 0 saturated heterocycles. The van der Waals surface area contributed by atoms with Crippen LogP contribution in [-0.4, -0.2) is 32.1 Å². The van der Waals surface area contributed by atoms with Crippen molar-refractivity contribution < 1.29 is 19.8 Å². The minimum Gasteiger partial charge on any atom is -0.476 e. The van der Waals surface area contributed by atoms with E-state index in [9.17, 15) is 9.59 Å². The molecule has 0 aromatic carbocycles. The number of aromatic carboxylic acids is 2. The lowest BCUT2D eigenvalue weighted by molar-refractivity contribution is 0.0673. The summed E-state index contributed by atoms with van der Waals surface area (Å²) in [4.78, 5) is 27.5. The maximum absolute atomic E-state index is 10.5. The molecule has 8 nitrogen and oxygen atoms in total. The number of carboxylic acid groups (broad SMARTS) is 2. The first kappa shape index (κ1) is 13.6. The predicted octanol–water partition coefficient (Wildman–Crippen LogP) is 0.0636. The lowest BCUT2D eigenvalue weighted by Crippen LogP contribution is -2.15. The van der Waals surface area contributed by atoms with Gasteiger partial charge in [-0.2, -0.15) is 0 Å². The average molecular weight is 228 g/mol. The van der Waals surface area contributed by atoms with Gasteiger partial charge in [-0.3, -0.25) is 0 Å². The van der Waals surface area contributed by atoms with Crippen molar-refractivity contribution in [2.24, 2.45) is 0 Å². The average Bonchev–Trinajstić information content (AvgIpc) is 2.23. The lowest BCUT2D eigenvalue weighted by atomic mass is 10.3. The molecule has 0 radical (unpaired) electrons. The van der Waals surface area contributed by atoms with Gasteiger partial charge in [0, 0.05) is 0 Å². The van der Waals surface area contributed by atoms with E-state index in [-0.39, 0.29) is 0 Å². The van der Waals surface area contributed by atoms with Crippen LogP contribution in [0.15, 0.2) is 0 Å². The van der Waals surface area contributed by atoms with Crippen molar-refractivity contribution >= 4 is 23.6 Å². The molecule has 0 aliphatic carbocycles. The Hall–Kier alpha value is -2.38. The van der Waals surface area contributed by atoms with Gasteiger partial charge in [-0.15, -0.1) is 0 Å². The van der Waals surface area contributed by atoms with Gasteiger partial charge < -0.3 is 21.7 Å². The Kier molecular flexibility index (Phi) is 4.67. The van der Waals surface area contributed by atoms with E-state index in [4.69, 9.17) is 21.7 Å². The van der Waals surface area contributed by atoms with Gasteiger partial charge in [-0.05, 0) is 0 Å². The maximum Gasteiger partial charge on any atom is 0.358 e. The molecule has 0 fully saturated rings. The van der Waals surface area contributed by atoms with E-state index in [2.05, 4.69) is 9.97 Å². The number of carboxylic acids is 2. The highest BCUT2D eigenvalue weighted by atomic mass is 16.4. The van der Waals surface area contributed by atoms with Crippen molar-refractivity contribution in [2.75, 3.05) is 11.5 Å². The molecule has 0 spiro atoms. The quantitative estimate of drug-likeness (QED) is 0.554. The molecule has 88 valence electrons. The van der Waals surface area contributed by atoms with Crippen LogP contribution < -0.4 is 11.5 Å². The minimum absolute atomic E-state index is 0.482. The number of anilines is 2. The van der Waals surface area contributed by atoms with Crippen LogP contribution in [0.5, 0.6) is 0 Å². The standard InChI is InChI=1S/C6H6N4O4.C2H6/c7-3-1(5(11)12)9-4(8)2(10-3)6(13)14;1-2/h(H2,8,9)(H2,7,10)(H,11,12)(H,13,14);1-2H3. The summed E-state index contributed by atoms with van der Waals surface area (Å²) < 4.78 is 0. The van der Waals surface area contributed by atoms with Crippen LogP contribution in [0.2, 0.25) is 0 Å². The summed E-state index contributed by atoms with van der Waals surface area (Å²) in [5.74, 6) is -3.80. The monoisotopic (exact) mass is 228 g/mol. The van der Waals surface area contributed by atoms with Gasteiger partial charge in [0.05, 0.1) is 0 Å². The number of nitrogen functional groups attached to an aromatic ring is 2. The number of aromatic nitrogens is 2. The van der Waals surface area contributed by atoms with Gasteiger partial charge in [0.15, 0.2) is 23.0 Å². The van der Waals surface area contributed by atoms with Gasteiger partial charge in [0.2, 0.25) is 0 Å². The predicted molar refractivity (Wildman–Crippen MR) is 56.1 cm³/mol. The summed E-state index contributed by atoms with van der Waals surface area (Å²) in [6, 6.07) is 0. The Morgan fingerprint density at radius 3 is 1.38 bits per heavy atom. The number of rotatable bonds is 2. The second-order valence-electron chi connectivity index (χ2n) is 2.30. The fraction of sp³-hybridized carbons (Fsp3) is 0.250. The van der Waals surface area contributed by atoms with E-state index in [1.807, 2.05) is 13.8 Å². The van der Waals surface area contributed by atoms with E-state index in [1.165, 1.54) is 0 Å². The van der Waals surface area contributed by atoms with Crippen LogP contribution in [0.1, 0.15) is 34.8 Å². The fourth-order valence-corrected chi connectivity index (χ4v) is 0.776. The third kappa shape index (κ3) is 2.80. The maximum atomic E-state index is 10.5. The first-order chi connectivity index (χ1) is 7.43. The zero-order valence-corrected chi connectivity index (χ0v) is 8.76. The molecule has 6 N–H and O–H groups in total. The third-order valence-corrected chi connectivity index (χ3v) is 1.35. The highest BCUT2D eigenvalue weighted by Crippen LogP contribution is 2.12. The second kappa shape index (κ2) is 5.49. The zero-order valence-electron chi connectivity index (χ0n) is 8.76. The number of hydrogen-bond donors (Lipinski definition) is 4. The Morgan fingerprint density at radius 2 is 1.19 bits per heavy atom. The van der Waals surface area contributed by atoms with Crippen LogP contribution in [0.3, 0.4) is 0 Å². The van der Waals surface area contributed by atoms with Crippen LogP contribution in [-0.2, 0) is 0 Å². The second-order valence-corrected chi connectivity index (χ2v) is 2.30. The van der Waals surface area contributed by atoms with Gasteiger partial charge in [0.25, 0.3) is 0 Å². The molecule has 0 amide bonds. The number of carbonyl (C=O) groups is 2. The van der Waals surface area contributed by atoms with Gasteiger partial charge in [-0.1, -0.05) is 13.8 Å². The molecule has 1 aromatic rings. The Bertz CT molecular complexity index is 379. The fourth-order valence-electron chi connectivity index (χ4n) is 0.776. The van der Waals surface area contributed by atoms with Crippen LogP contribution >= 0.6 is 0 Å². The first-order valence-corrected chi connectivity index (χ1v) is 4.33. The van der Waals surface area contributed by atoms with E-state index in [1.54, 1.807) is 0 Å². The van der Waals surface area contributed by atoms with E-state index < -0.39 is 35.0 Å². The van der Waals surface area contributed by atoms with Crippen LogP contribution in [0, 0.1) is 0 Å². The van der Waals surface area contributed by atoms with Crippen molar-refractivity contribution in [1.29, 1.82) is 0 Å². The summed E-state index contributed by atoms with van der Waals surface area (Å²) in [7, 11) is 0. The minimum atomic E-state index is -1.42. The zero-order chi connectivity index (χ0) is 12.9. The lowest BCUT2D eigenvalue weighted by Gasteiger charge is -2.02. The SMILES string of the molecule is CC.Nc1nc(C(=O)O)c(N)nc1C(=O)O. The molecule has 0 aliphatic rings. The first-order valence-electron chi connectivity index (χ1n) is 4.33. The van der Waals surface area contributed by atoms with Crippen molar-refractivity contribution in [3.63, 3.8) is 0 Å². The molecule has 1 heterocycles. The molecule has 0 saturated carbocycles. The van der Waals surface area contributed by atoms with Crippen LogP contribution in [0.4, 0.5) is 11.6 Å². The number of hydrogen-bond acceptors (Lipinski definition) is 6. The van der Waals surface area contributed by atoms with Crippen molar-refractivity contribution in [3.8, 4) is 0 Å². The van der Waals surface area contributed by atoms with E-state index in [0.717, 1.165) is 0 Å². The normalized spacial score (nSPS) is 8.88. The van der Waals surface area contributed by atoms with E-state index in [0.29, 0.717) is 0 Å². The molecule has 8 heteroatoms. The Morgan fingerprint density at radius 1 is 0.938 bits per heavy atom. The molecule has 0 unspecified atom stereocenters. The van der Waals surface area contributed by atoms with E-state index >= 15 is 0 Å². The molecule has 0 aliphatic heterocycles. The largest absolute Gasteiger partial charge is 0.476 e. The number of nitrogens with two attached hydrogens (primary N) is 2. The molecule has 1 aromatic heterocycles. The molecule has 0 bridgehead atoms. The van der Waals surface area contributed by atoms with Gasteiger partial charge in [-0.25, -0.2) is 19.6 Å². The summed E-state index contributed by atoms with van der Waals surface area (Å²) in [6.45, 7) is 4.00. The molecule has 0 atom stereocenters. The molecular formula is C8H12N4O4. The molecular weight excluding hydrogens is 216 g/mol. The Balaban J connectivity index is 0.00000106. The highest BCUT2D eigenvalue weighted by Gasteiger charge is 2.18. The summed E-state index contributed by atoms with van der Waals surface area (Å²) >= 11 is 0. The van der Waals surface area contributed by atoms with Crippen LogP contribution in [0.25, 0.3) is 0 Å². The van der Waals surface area contributed by atoms with Gasteiger partial charge >= 0.3 is 11.9 Å². The van der Waals surface area contributed by atoms with Crippen molar-refractivity contribution in [1.82, 2.24) is 9.97 Å². The molecule has 1 rings (SSSR count).